The van der Waals surface area contributed by atoms with E-state index in [0.717, 1.165) is 18.2 Å². The van der Waals surface area contributed by atoms with Crippen LogP contribution in [0, 0.1) is 0 Å². The van der Waals surface area contributed by atoms with Crippen LogP contribution in [0.3, 0.4) is 0 Å². The molecule has 5 atom stereocenters. The molecule has 0 aliphatic carbocycles. The zero-order valence-electron chi connectivity index (χ0n) is 17.7. The number of hydrogen-bond acceptors (Lipinski definition) is 12. The van der Waals surface area contributed by atoms with Crippen LogP contribution in [-0.4, -0.2) is 80.2 Å². The van der Waals surface area contributed by atoms with Crippen molar-refractivity contribution in [1.29, 1.82) is 0 Å². The van der Waals surface area contributed by atoms with E-state index in [1.807, 2.05) is 0 Å². The van der Waals surface area contributed by atoms with Crippen molar-refractivity contribution in [1.82, 2.24) is 0 Å². The average Bonchev–Trinajstić information content (AvgIpc) is 2.81. The van der Waals surface area contributed by atoms with E-state index in [1.165, 1.54) is 19.2 Å². The molecule has 4 rings (SSSR count). The number of aliphatic hydroxyl groups is 4. The first-order chi connectivity index (χ1) is 16.2. The fourth-order valence-corrected chi connectivity index (χ4v) is 3.66. The third kappa shape index (κ3) is 3.97. The first-order valence-corrected chi connectivity index (χ1v) is 10.0. The van der Waals surface area contributed by atoms with Gasteiger partial charge in [-0.2, -0.15) is 0 Å². The van der Waals surface area contributed by atoms with Crippen LogP contribution < -0.4 is 14.9 Å². The highest BCUT2D eigenvalue weighted by Crippen LogP contribution is 2.39. The van der Waals surface area contributed by atoms with E-state index in [2.05, 4.69) is 0 Å². The number of methoxy groups -OCH3 is 1. The number of hydrogen-bond donors (Lipinski definition) is 7. The molecule has 1 aliphatic rings. The molecule has 182 valence electrons. The van der Waals surface area contributed by atoms with Crippen LogP contribution in [0.5, 0.6) is 28.7 Å². The molecule has 7 N–H and O–H groups in total. The highest BCUT2D eigenvalue weighted by atomic mass is 16.7. The maximum absolute atomic E-state index is 13.5. The molecular formula is C22H22O12. The number of aliphatic hydroxyl groups excluding tert-OH is 4. The van der Waals surface area contributed by atoms with Gasteiger partial charge < -0.3 is 54.4 Å². The van der Waals surface area contributed by atoms with Crippen molar-refractivity contribution in [2.45, 2.75) is 30.7 Å². The van der Waals surface area contributed by atoms with E-state index in [4.69, 9.17) is 18.6 Å². The van der Waals surface area contributed by atoms with Gasteiger partial charge in [-0.25, -0.2) is 0 Å². The van der Waals surface area contributed by atoms with Crippen LogP contribution in [-0.2, 0) is 4.74 Å². The maximum Gasteiger partial charge on any atom is 0.239 e. The molecule has 1 saturated heterocycles. The lowest BCUT2D eigenvalue weighted by molar-refractivity contribution is -0.277. The smallest absolute Gasteiger partial charge is 0.239 e. The second kappa shape index (κ2) is 9.00. The van der Waals surface area contributed by atoms with Gasteiger partial charge in [-0.1, -0.05) is 0 Å². The van der Waals surface area contributed by atoms with Gasteiger partial charge in [0.2, 0.25) is 17.5 Å². The second-order valence-corrected chi connectivity index (χ2v) is 7.63. The minimum absolute atomic E-state index is 0.0532. The molecule has 12 nitrogen and oxygen atoms in total. The first kappa shape index (κ1) is 23.6. The van der Waals surface area contributed by atoms with Crippen molar-refractivity contribution in [2.24, 2.45) is 0 Å². The van der Waals surface area contributed by atoms with Crippen LogP contribution in [0.4, 0.5) is 0 Å². The summed E-state index contributed by atoms with van der Waals surface area (Å²) < 4.78 is 21.9. The highest BCUT2D eigenvalue weighted by Gasteiger charge is 2.45. The fraction of sp³-hybridized carbons (Fsp3) is 0.318. The van der Waals surface area contributed by atoms with Crippen LogP contribution in [0.25, 0.3) is 22.3 Å². The zero-order chi connectivity index (χ0) is 24.7. The predicted octanol–water partition coefficient (Wildman–Crippen LogP) is -0.236. The Morgan fingerprint density at radius 1 is 0.971 bits per heavy atom. The van der Waals surface area contributed by atoms with Gasteiger partial charge >= 0.3 is 0 Å². The Labute approximate surface area is 191 Å². The minimum atomic E-state index is -1.82. The van der Waals surface area contributed by atoms with Crippen molar-refractivity contribution < 1.29 is 54.4 Å². The zero-order valence-corrected chi connectivity index (χ0v) is 17.7. The van der Waals surface area contributed by atoms with Gasteiger partial charge in [-0.15, -0.1) is 0 Å². The van der Waals surface area contributed by atoms with Crippen LogP contribution >= 0.6 is 0 Å². The van der Waals surface area contributed by atoms with Crippen molar-refractivity contribution in [3.8, 4) is 40.1 Å². The Morgan fingerprint density at radius 2 is 1.71 bits per heavy atom. The number of rotatable bonds is 5. The van der Waals surface area contributed by atoms with Gasteiger partial charge in [0.1, 0.15) is 46.9 Å². The SMILES string of the molecule is COc1cc(O)cc2oc(-c3ccc(O)c(O)c3)c(O[C@@H]3O[C@@H](CO)[C@H](O)[C@H](O)[C@H]3O)c(=O)c12. The van der Waals surface area contributed by atoms with Crippen LogP contribution in [0.2, 0.25) is 0 Å². The summed E-state index contributed by atoms with van der Waals surface area (Å²) >= 11 is 0. The predicted molar refractivity (Wildman–Crippen MR) is 114 cm³/mol. The van der Waals surface area contributed by atoms with E-state index in [9.17, 15) is 40.5 Å². The van der Waals surface area contributed by atoms with Gasteiger partial charge in [-0.3, -0.25) is 4.79 Å². The molecule has 2 aromatic carbocycles. The molecule has 0 unspecified atom stereocenters. The Balaban J connectivity index is 1.93. The van der Waals surface area contributed by atoms with Gasteiger partial charge in [-0.05, 0) is 18.2 Å². The molecule has 3 aromatic rings. The third-order valence-corrected chi connectivity index (χ3v) is 5.44. The lowest BCUT2D eigenvalue weighted by atomic mass is 9.99. The molecule has 34 heavy (non-hydrogen) atoms. The Morgan fingerprint density at radius 3 is 2.35 bits per heavy atom. The molecule has 0 bridgehead atoms. The van der Waals surface area contributed by atoms with Crippen molar-refractivity contribution in [2.75, 3.05) is 13.7 Å². The summed E-state index contributed by atoms with van der Waals surface area (Å²) in [6.45, 7) is -0.719. The molecule has 0 saturated carbocycles. The van der Waals surface area contributed by atoms with E-state index < -0.39 is 60.0 Å². The van der Waals surface area contributed by atoms with Gasteiger partial charge in [0.15, 0.2) is 17.3 Å². The molecule has 0 spiro atoms. The van der Waals surface area contributed by atoms with E-state index in [-0.39, 0.29) is 33.8 Å². The van der Waals surface area contributed by atoms with Gasteiger partial charge in [0.25, 0.3) is 0 Å². The number of phenols is 3. The largest absolute Gasteiger partial charge is 0.508 e. The summed E-state index contributed by atoms with van der Waals surface area (Å²) in [6, 6.07) is 5.85. The molecule has 1 aromatic heterocycles. The van der Waals surface area contributed by atoms with Crippen molar-refractivity contribution >= 4 is 11.0 Å². The Bertz CT molecular complexity index is 1270. The standard InChI is InChI=1S/C22H22O12/c1-31-12-5-9(24)6-13-15(12)17(28)21(20(32-13)8-2-3-10(25)11(26)4-8)34-22-19(30)18(29)16(27)14(7-23)33-22/h2-6,14,16,18-19,22-27,29-30H,7H2,1H3/t14-,16-,18-,19+,22-/m0/s1. The van der Waals surface area contributed by atoms with E-state index in [0.29, 0.717) is 0 Å². The van der Waals surface area contributed by atoms with Crippen LogP contribution in [0.15, 0.2) is 39.5 Å². The third-order valence-electron chi connectivity index (χ3n) is 5.44. The monoisotopic (exact) mass is 478 g/mol. The molecule has 2 heterocycles. The number of phenolic OH excluding ortho intramolecular Hbond substituents is 3. The summed E-state index contributed by atoms with van der Waals surface area (Å²) in [5, 5.41) is 69.3. The molecule has 1 aliphatic heterocycles. The van der Waals surface area contributed by atoms with Crippen molar-refractivity contribution in [3.63, 3.8) is 0 Å². The van der Waals surface area contributed by atoms with E-state index in [1.54, 1.807) is 0 Å². The maximum atomic E-state index is 13.5. The van der Waals surface area contributed by atoms with Crippen molar-refractivity contribution in [3.05, 3.63) is 40.6 Å². The van der Waals surface area contributed by atoms with E-state index >= 15 is 0 Å². The number of ether oxygens (including phenoxy) is 3. The van der Waals surface area contributed by atoms with Crippen LogP contribution in [0.1, 0.15) is 0 Å². The Hall–Kier alpha value is -3.55. The summed E-state index contributed by atoms with van der Waals surface area (Å²) in [5.74, 6) is -2.12. The molecule has 0 amide bonds. The summed E-state index contributed by atoms with van der Waals surface area (Å²) in [4.78, 5) is 13.5. The summed E-state index contributed by atoms with van der Waals surface area (Å²) in [5.41, 5.74) is -0.862. The molecule has 0 radical (unpaired) electrons. The fourth-order valence-electron chi connectivity index (χ4n) is 3.66. The highest BCUT2D eigenvalue weighted by molar-refractivity contribution is 5.88. The molecule has 12 heteroatoms. The summed E-state index contributed by atoms with van der Waals surface area (Å²) in [6.07, 6.45) is -8.26. The first-order valence-electron chi connectivity index (χ1n) is 10.0. The normalized spacial score (nSPS) is 24.8. The molecule has 1 fully saturated rings. The average molecular weight is 478 g/mol. The van der Waals surface area contributed by atoms with Gasteiger partial charge in [0.05, 0.1) is 13.7 Å². The number of benzene rings is 2. The number of aromatic hydroxyl groups is 3. The lowest BCUT2D eigenvalue weighted by Gasteiger charge is -2.39. The quantitative estimate of drug-likeness (QED) is 0.238. The minimum Gasteiger partial charge on any atom is -0.508 e. The molecular weight excluding hydrogens is 456 g/mol. The second-order valence-electron chi connectivity index (χ2n) is 7.63. The summed E-state index contributed by atoms with van der Waals surface area (Å²) in [7, 11) is 1.26. The van der Waals surface area contributed by atoms with Gasteiger partial charge in [0, 0.05) is 17.7 Å². The topological polar surface area (TPSA) is 200 Å². The Kier molecular flexibility index (Phi) is 6.25. The number of fused-ring (bicyclic) bond motifs is 1. The lowest BCUT2D eigenvalue weighted by Crippen LogP contribution is -2.60.